The summed E-state index contributed by atoms with van der Waals surface area (Å²) in [7, 11) is 3.89. The van der Waals surface area contributed by atoms with Gasteiger partial charge in [-0.15, -0.1) is 11.3 Å². The number of piperazine rings is 1. The van der Waals surface area contributed by atoms with Gasteiger partial charge in [0.15, 0.2) is 5.13 Å². The third-order valence-corrected chi connectivity index (χ3v) is 4.16. The number of anilines is 1. The minimum absolute atomic E-state index is 0.754. The first-order valence-corrected chi connectivity index (χ1v) is 7.19. The third-order valence-electron chi connectivity index (χ3n) is 3.10. The molecule has 0 radical (unpaired) electrons. The van der Waals surface area contributed by atoms with Crippen LogP contribution >= 0.6 is 11.3 Å². The molecule has 6 heteroatoms. The highest BCUT2D eigenvalue weighted by molar-refractivity contribution is 7.15. The van der Waals surface area contributed by atoms with E-state index in [1.54, 1.807) is 18.4 Å². The average molecular weight is 270 g/mol. The zero-order chi connectivity index (χ0) is 12.8. The Kier molecular flexibility index (Phi) is 5.37. The van der Waals surface area contributed by atoms with E-state index < -0.39 is 0 Å². The van der Waals surface area contributed by atoms with E-state index in [0.29, 0.717) is 0 Å². The fourth-order valence-corrected chi connectivity index (χ4v) is 2.84. The van der Waals surface area contributed by atoms with Crippen molar-refractivity contribution in [1.29, 1.82) is 0 Å². The van der Waals surface area contributed by atoms with Gasteiger partial charge >= 0.3 is 0 Å². The average Bonchev–Trinajstić information content (AvgIpc) is 2.84. The summed E-state index contributed by atoms with van der Waals surface area (Å²) in [6.07, 6.45) is 1.98. The molecule has 0 unspecified atom stereocenters. The Morgan fingerprint density at radius 2 is 2.17 bits per heavy atom. The highest BCUT2D eigenvalue weighted by atomic mass is 32.1. The molecule has 5 nitrogen and oxygen atoms in total. The van der Waals surface area contributed by atoms with Crippen molar-refractivity contribution in [3.05, 3.63) is 11.1 Å². The SMILES string of the molecule is COCCNCc1cnc(N2CCN(C)CC2)s1. The Hall–Kier alpha value is -0.690. The van der Waals surface area contributed by atoms with Gasteiger partial charge in [0.1, 0.15) is 0 Å². The molecule has 0 spiro atoms. The van der Waals surface area contributed by atoms with E-state index in [9.17, 15) is 0 Å². The fourth-order valence-electron chi connectivity index (χ4n) is 1.91. The zero-order valence-electron chi connectivity index (χ0n) is 11.2. The molecular formula is C12H22N4OS. The van der Waals surface area contributed by atoms with Crippen molar-refractivity contribution in [3.8, 4) is 0 Å². The lowest BCUT2D eigenvalue weighted by atomic mass is 10.3. The number of aromatic nitrogens is 1. The number of methoxy groups -OCH3 is 1. The Balaban J connectivity index is 1.78. The van der Waals surface area contributed by atoms with Crippen LogP contribution in [-0.4, -0.2) is 63.4 Å². The number of nitrogens with one attached hydrogen (secondary N) is 1. The Morgan fingerprint density at radius 1 is 1.39 bits per heavy atom. The largest absolute Gasteiger partial charge is 0.383 e. The van der Waals surface area contributed by atoms with Gasteiger partial charge in [-0.25, -0.2) is 4.98 Å². The van der Waals surface area contributed by atoms with Gasteiger partial charge in [0.2, 0.25) is 0 Å². The summed E-state index contributed by atoms with van der Waals surface area (Å²) in [6, 6.07) is 0. The van der Waals surface area contributed by atoms with Crippen molar-refractivity contribution in [2.24, 2.45) is 0 Å². The molecule has 1 N–H and O–H groups in total. The second-order valence-electron chi connectivity index (χ2n) is 4.57. The highest BCUT2D eigenvalue weighted by Gasteiger charge is 2.16. The lowest BCUT2D eigenvalue weighted by Gasteiger charge is -2.32. The van der Waals surface area contributed by atoms with E-state index in [1.165, 1.54) is 4.88 Å². The molecule has 0 aliphatic carbocycles. The predicted octanol–water partition coefficient (Wildman–Crippen LogP) is 0.631. The van der Waals surface area contributed by atoms with E-state index in [2.05, 4.69) is 27.1 Å². The predicted molar refractivity (Wildman–Crippen MR) is 75.4 cm³/mol. The number of ether oxygens (including phenoxy) is 1. The van der Waals surface area contributed by atoms with Crippen molar-refractivity contribution in [1.82, 2.24) is 15.2 Å². The summed E-state index contributed by atoms with van der Waals surface area (Å²) in [6.45, 7) is 6.94. The molecule has 1 fully saturated rings. The van der Waals surface area contributed by atoms with Gasteiger partial charge in [-0.1, -0.05) is 0 Å². The molecule has 1 aromatic rings. The van der Waals surface area contributed by atoms with Crippen LogP contribution in [0.25, 0.3) is 0 Å². The van der Waals surface area contributed by atoms with Crippen LogP contribution in [0.1, 0.15) is 4.88 Å². The molecule has 1 aromatic heterocycles. The monoisotopic (exact) mass is 270 g/mol. The smallest absolute Gasteiger partial charge is 0.185 e. The van der Waals surface area contributed by atoms with Crippen LogP contribution in [0.3, 0.4) is 0 Å². The Morgan fingerprint density at radius 3 is 2.89 bits per heavy atom. The Labute approximate surface area is 113 Å². The highest BCUT2D eigenvalue weighted by Crippen LogP contribution is 2.23. The fraction of sp³-hybridized carbons (Fsp3) is 0.750. The molecule has 102 valence electrons. The summed E-state index contributed by atoms with van der Waals surface area (Å²) in [4.78, 5) is 10.5. The van der Waals surface area contributed by atoms with Crippen LogP contribution in [0.5, 0.6) is 0 Å². The van der Waals surface area contributed by atoms with Crippen molar-refractivity contribution in [3.63, 3.8) is 0 Å². The quantitative estimate of drug-likeness (QED) is 0.768. The van der Waals surface area contributed by atoms with Crippen molar-refractivity contribution in [2.75, 3.05) is 58.4 Å². The molecule has 0 saturated carbocycles. The van der Waals surface area contributed by atoms with E-state index >= 15 is 0 Å². The number of hydrogen-bond acceptors (Lipinski definition) is 6. The first kappa shape index (κ1) is 13.7. The molecular weight excluding hydrogens is 248 g/mol. The van der Waals surface area contributed by atoms with Crippen molar-refractivity contribution in [2.45, 2.75) is 6.54 Å². The van der Waals surface area contributed by atoms with E-state index in [4.69, 9.17) is 4.74 Å². The van der Waals surface area contributed by atoms with Gasteiger partial charge in [0, 0.05) is 57.5 Å². The van der Waals surface area contributed by atoms with Crippen LogP contribution in [0, 0.1) is 0 Å². The minimum Gasteiger partial charge on any atom is -0.383 e. The first-order chi connectivity index (χ1) is 8.79. The van der Waals surface area contributed by atoms with Crippen LogP contribution in [-0.2, 0) is 11.3 Å². The van der Waals surface area contributed by atoms with E-state index in [1.807, 2.05) is 6.20 Å². The topological polar surface area (TPSA) is 40.6 Å². The van der Waals surface area contributed by atoms with Gasteiger partial charge in [0.25, 0.3) is 0 Å². The number of nitrogens with zero attached hydrogens (tertiary/aromatic N) is 3. The first-order valence-electron chi connectivity index (χ1n) is 6.37. The standard InChI is InChI=1S/C12H22N4OS/c1-15-4-6-16(7-5-15)12-14-10-11(18-12)9-13-3-8-17-2/h10,13H,3-9H2,1-2H3. The summed E-state index contributed by atoms with van der Waals surface area (Å²) >= 11 is 1.79. The van der Waals surface area contributed by atoms with E-state index in [-0.39, 0.29) is 0 Å². The number of likely N-dealkylation sites (N-methyl/N-ethyl adjacent to an activating group) is 1. The van der Waals surface area contributed by atoms with Crippen LogP contribution in [0.4, 0.5) is 5.13 Å². The molecule has 0 atom stereocenters. The van der Waals surface area contributed by atoms with Gasteiger partial charge in [-0.3, -0.25) is 0 Å². The second kappa shape index (κ2) is 7.04. The molecule has 0 bridgehead atoms. The maximum atomic E-state index is 5.00. The maximum absolute atomic E-state index is 5.00. The van der Waals surface area contributed by atoms with Gasteiger partial charge in [0.05, 0.1) is 6.61 Å². The lowest BCUT2D eigenvalue weighted by Crippen LogP contribution is -2.44. The minimum atomic E-state index is 0.754. The summed E-state index contributed by atoms with van der Waals surface area (Å²) in [5.74, 6) is 0. The molecule has 0 aromatic carbocycles. The number of rotatable bonds is 6. The van der Waals surface area contributed by atoms with Gasteiger partial charge < -0.3 is 19.9 Å². The maximum Gasteiger partial charge on any atom is 0.185 e. The zero-order valence-corrected chi connectivity index (χ0v) is 12.0. The molecule has 2 rings (SSSR count). The van der Waals surface area contributed by atoms with Gasteiger partial charge in [-0.05, 0) is 7.05 Å². The summed E-state index contributed by atoms with van der Waals surface area (Å²) < 4.78 is 5.00. The molecule has 18 heavy (non-hydrogen) atoms. The van der Waals surface area contributed by atoms with Crippen LogP contribution in [0.2, 0.25) is 0 Å². The van der Waals surface area contributed by atoms with Gasteiger partial charge in [-0.2, -0.15) is 0 Å². The second-order valence-corrected chi connectivity index (χ2v) is 5.66. The number of thiazole rings is 1. The Bertz CT molecular complexity index is 350. The third kappa shape index (κ3) is 3.91. The van der Waals surface area contributed by atoms with Crippen LogP contribution < -0.4 is 10.2 Å². The summed E-state index contributed by atoms with van der Waals surface area (Å²) in [5, 5.41) is 4.50. The number of hydrogen-bond donors (Lipinski definition) is 1. The van der Waals surface area contributed by atoms with Crippen molar-refractivity contribution < 1.29 is 4.74 Å². The molecule has 0 amide bonds. The van der Waals surface area contributed by atoms with Crippen LogP contribution in [0.15, 0.2) is 6.20 Å². The molecule has 1 aliphatic heterocycles. The molecule has 1 saturated heterocycles. The van der Waals surface area contributed by atoms with Crippen molar-refractivity contribution >= 4 is 16.5 Å². The normalized spacial score (nSPS) is 17.3. The van der Waals surface area contributed by atoms with E-state index in [0.717, 1.165) is 51.0 Å². The lowest BCUT2D eigenvalue weighted by molar-refractivity contribution is 0.199. The summed E-state index contributed by atoms with van der Waals surface area (Å²) in [5.41, 5.74) is 0. The molecule has 2 heterocycles. The molecule has 1 aliphatic rings.